The zero-order valence-electron chi connectivity index (χ0n) is 11.3. The third kappa shape index (κ3) is 2.86. The number of halogens is 1. The second-order valence-electron chi connectivity index (χ2n) is 4.55. The average Bonchev–Trinajstić information content (AvgIpc) is 2.49. The number of anilines is 1. The van der Waals surface area contributed by atoms with E-state index < -0.39 is 11.7 Å². The molecule has 3 nitrogen and oxygen atoms in total. The molecule has 4 heteroatoms. The van der Waals surface area contributed by atoms with Crippen molar-refractivity contribution in [3.63, 3.8) is 0 Å². The summed E-state index contributed by atoms with van der Waals surface area (Å²) in [5.41, 5.74) is 6.81. The number of carbonyl (C=O) groups is 1. The fourth-order valence-electron chi connectivity index (χ4n) is 2.14. The Morgan fingerprint density at radius 1 is 1.15 bits per heavy atom. The molecule has 0 bridgehead atoms. The first kappa shape index (κ1) is 14.2. The van der Waals surface area contributed by atoms with Crippen LogP contribution in [-0.2, 0) is 4.79 Å². The SMILES string of the molecule is CN(C(=O)C(CN)c1ccccc1)c1ccccc1F. The number of rotatable bonds is 4. The summed E-state index contributed by atoms with van der Waals surface area (Å²) in [6, 6.07) is 15.5. The topological polar surface area (TPSA) is 46.3 Å². The third-order valence-electron chi connectivity index (χ3n) is 3.28. The van der Waals surface area contributed by atoms with Crippen LogP contribution in [0.15, 0.2) is 54.6 Å². The maximum Gasteiger partial charge on any atom is 0.235 e. The quantitative estimate of drug-likeness (QED) is 0.929. The molecule has 0 fully saturated rings. The van der Waals surface area contributed by atoms with Gasteiger partial charge in [0.2, 0.25) is 5.91 Å². The van der Waals surface area contributed by atoms with Gasteiger partial charge in [0.15, 0.2) is 0 Å². The van der Waals surface area contributed by atoms with Crippen molar-refractivity contribution < 1.29 is 9.18 Å². The van der Waals surface area contributed by atoms with Crippen molar-refractivity contribution in [3.8, 4) is 0 Å². The second-order valence-corrected chi connectivity index (χ2v) is 4.55. The lowest BCUT2D eigenvalue weighted by atomic mass is 9.97. The van der Waals surface area contributed by atoms with Crippen LogP contribution in [0.2, 0.25) is 0 Å². The number of benzene rings is 2. The monoisotopic (exact) mass is 272 g/mol. The van der Waals surface area contributed by atoms with Gasteiger partial charge in [0.05, 0.1) is 11.6 Å². The lowest BCUT2D eigenvalue weighted by Gasteiger charge is -2.23. The molecular weight excluding hydrogens is 255 g/mol. The highest BCUT2D eigenvalue weighted by Crippen LogP contribution is 2.23. The van der Waals surface area contributed by atoms with Crippen LogP contribution in [0, 0.1) is 5.82 Å². The summed E-state index contributed by atoms with van der Waals surface area (Å²) in [5.74, 6) is -1.11. The first-order valence-corrected chi connectivity index (χ1v) is 6.42. The molecule has 0 aliphatic heterocycles. The van der Waals surface area contributed by atoms with E-state index in [0.29, 0.717) is 0 Å². The summed E-state index contributed by atoms with van der Waals surface area (Å²) in [4.78, 5) is 13.8. The molecule has 0 radical (unpaired) electrons. The molecule has 0 heterocycles. The number of likely N-dealkylation sites (N-methyl/N-ethyl adjacent to an activating group) is 1. The molecule has 2 rings (SSSR count). The van der Waals surface area contributed by atoms with Crippen molar-refractivity contribution in [2.45, 2.75) is 5.92 Å². The van der Waals surface area contributed by atoms with Gasteiger partial charge in [-0.2, -0.15) is 0 Å². The standard InChI is InChI=1S/C16H17FN2O/c1-19(15-10-6-5-9-14(15)17)16(20)13(11-18)12-7-3-2-4-8-12/h2-10,13H,11,18H2,1H3. The van der Waals surface area contributed by atoms with E-state index in [1.807, 2.05) is 30.3 Å². The normalized spacial score (nSPS) is 11.9. The number of nitrogens with two attached hydrogens (primary N) is 1. The minimum Gasteiger partial charge on any atom is -0.329 e. The number of hydrogen-bond acceptors (Lipinski definition) is 2. The van der Waals surface area contributed by atoms with Crippen molar-refractivity contribution in [1.29, 1.82) is 0 Å². The van der Waals surface area contributed by atoms with Gasteiger partial charge in [-0.3, -0.25) is 4.79 Å². The summed E-state index contributed by atoms with van der Waals surface area (Å²) in [5, 5.41) is 0. The van der Waals surface area contributed by atoms with Crippen LogP contribution in [0.5, 0.6) is 0 Å². The minimum atomic E-state index is -0.471. The summed E-state index contributed by atoms with van der Waals surface area (Å²) in [6.45, 7) is 0.182. The van der Waals surface area contributed by atoms with Crippen LogP contribution in [-0.4, -0.2) is 19.5 Å². The molecule has 0 saturated carbocycles. The third-order valence-corrected chi connectivity index (χ3v) is 3.28. The van der Waals surface area contributed by atoms with E-state index in [2.05, 4.69) is 0 Å². The van der Waals surface area contributed by atoms with Gasteiger partial charge >= 0.3 is 0 Å². The molecule has 0 saturated heterocycles. The molecule has 1 unspecified atom stereocenters. The van der Waals surface area contributed by atoms with Crippen molar-refractivity contribution in [3.05, 3.63) is 66.0 Å². The Labute approximate surface area is 117 Å². The molecule has 1 amide bonds. The summed E-state index contributed by atoms with van der Waals surface area (Å²) in [6.07, 6.45) is 0. The Morgan fingerprint density at radius 2 is 1.75 bits per heavy atom. The molecule has 0 aliphatic rings. The Hall–Kier alpha value is -2.20. The van der Waals surface area contributed by atoms with Gasteiger partial charge in [-0.1, -0.05) is 42.5 Å². The Kier molecular flexibility index (Phi) is 4.48. The van der Waals surface area contributed by atoms with Crippen molar-refractivity contribution in [1.82, 2.24) is 0 Å². The largest absolute Gasteiger partial charge is 0.329 e. The van der Waals surface area contributed by atoms with Gasteiger partial charge in [0.25, 0.3) is 0 Å². The number of para-hydroxylation sites is 1. The number of nitrogens with zero attached hydrogens (tertiary/aromatic N) is 1. The first-order chi connectivity index (χ1) is 9.65. The summed E-state index contributed by atoms with van der Waals surface area (Å²) in [7, 11) is 1.56. The highest BCUT2D eigenvalue weighted by Gasteiger charge is 2.24. The molecule has 2 aromatic rings. The van der Waals surface area contributed by atoms with Crippen molar-refractivity contribution >= 4 is 11.6 Å². The average molecular weight is 272 g/mol. The van der Waals surface area contributed by atoms with Gasteiger partial charge < -0.3 is 10.6 Å². The fraction of sp³-hybridized carbons (Fsp3) is 0.188. The summed E-state index contributed by atoms with van der Waals surface area (Å²) < 4.78 is 13.7. The van der Waals surface area contributed by atoms with Crippen LogP contribution in [0.25, 0.3) is 0 Å². The maximum absolute atomic E-state index is 13.7. The van der Waals surface area contributed by atoms with E-state index in [-0.39, 0.29) is 18.1 Å². The zero-order valence-corrected chi connectivity index (χ0v) is 11.3. The minimum absolute atomic E-state index is 0.182. The van der Waals surface area contributed by atoms with Crippen molar-refractivity contribution in [2.75, 3.05) is 18.5 Å². The predicted octanol–water partition coefficient (Wildman–Crippen LogP) is 2.53. The Balaban J connectivity index is 2.28. The number of carbonyl (C=O) groups excluding carboxylic acids is 1. The molecule has 0 aliphatic carbocycles. The van der Waals surface area contributed by atoms with Gasteiger partial charge in [-0.15, -0.1) is 0 Å². The van der Waals surface area contributed by atoms with Crippen LogP contribution >= 0.6 is 0 Å². The maximum atomic E-state index is 13.7. The van der Waals surface area contributed by atoms with E-state index in [0.717, 1.165) is 5.56 Å². The number of amides is 1. The van der Waals surface area contributed by atoms with Gasteiger partial charge in [-0.25, -0.2) is 4.39 Å². The highest BCUT2D eigenvalue weighted by molar-refractivity contribution is 5.97. The number of hydrogen-bond donors (Lipinski definition) is 1. The highest BCUT2D eigenvalue weighted by atomic mass is 19.1. The Morgan fingerprint density at radius 3 is 2.35 bits per heavy atom. The zero-order chi connectivity index (χ0) is 14.5. The van der Waals surface area contributed by atoms with Gasteiger partial charge in [0, 0.05) is 13.6 Å². The van der Waals surface area contributed by atoms with Crippen LogP contribution in [0.4, 0.5) is 10.1 Å². The van der Waals surface area contributed by atoms with Gasteiger partial charge in [0.1, 0.15) is 5.82 Å². The molecule has 1 atom stereocenters. The fourth-order valence-corrected chi connectivity index (χ4v) is 2.14. The van der Waals surface area contributed by atoms with Crippen molar-refractivity contribution in [2.24, 2.45) is 5.73 Å². The van der Waals surface area contributed by atoms with Crippen LogP contribution in [0.1, 0.15) is 11.5 Å². The van der Waals surface area contributed by atoms with E-state index >= 15 is 0 Å². The van der Waals surface area contributed by atoms with Crippen LogP contribution < -0.4 is 10.6 Å². The Bertz CT molecular complexity index is 586. The van der Waals surface area contributed by atoms with Gasteiger partial charge in [-0.05, 0) is 17.7 Å². The molecular formula is C16H17FN2O. The predicted molar refractivity (Wildman–Crippen MR) is 78.0 cm³/mol. The lowest BCUT2D eigenvalue weighted by Crippen LogP contribution is -2.35. The molecule has 20 heavy (non-hydrogen) atoms. The molecule has 2 N–H and O–H groups in total. The molecule has 104 valence electrons. The molecule has 2 aromatic carbocycles. The second kappa shape index (κ2) is 6.30. The smallest absolute Gasteiger partial charge is 0.235 e. The van der Waals surface area contributed by atoms with E-state index in [1.54, 1.807) is 25.2 Å². The van der Waals surface area contributed by atoms with E-state index in [4.69, 9.17) is 5.73 Å². The van der Waals surface area contributed by atoms with Crippen LogP contribution in [0.3, 0.4) is 0 Å². The first-order valence-electron chi connectivity index (χ1n) is 6.42. The van der Waals surface area contributed by atoms with E-state index in [9.17, 15) is 9.18 Å². The lowest BCUT2D eigenvalue weighted by molar-refractivity contribution is -0.119. The molecule has 0 spiro atoms. The molecule has 0 aromatic heterocycles. The van der Waals surface area contributed by atoms with E-state index in [1.165, 1.54) is 11.0 Å². The summed E-state index contributed by atoms with van der Waals surface area (Å²) >= 11 is 0.